The van der Waals surface area contributed by atoms with Crippen LogP contribution in [0, 0.1) is 5.41 Å². The highest BCUT2D eigenvalue weighted by molar-refractivity contribution is 5.96. The number of ether oxygens (including phenoxy) is 1. The zero-order valence-corrected chi connectivity index (χ0v) is 10.3. The highest BCUT2D eigenvalue weighted by atomic mass is 19.4. The zero-order valence-electron chi connectivity index (χ0n) is 10.3. The summed E-state index contributed by atoms with van der Waals surface area (Å²) in [5.41, 5.74) is 3.93. The molecule has 0 spiro atoms. The molecule has 1 aliphatic rings. The third-order valence-corrected chi connectivity index (χ3v) is 3.19. The summed E-state index contributed by atoms with van der Waals surface area (Å²) in [6.45, 7) is 0. The molecule has 0 unspecified atom stereocenters. The summed E-state index contributed by atoms with van der Waals surface area (Å²) < 4.78 is 44.2. The van der Waals surface area contributed by atoms with Crippen LogP contribution in [0.3, 0.4) is 0 Å². The Balaban J connectivity index is 2.29. The summed E-state index contributed by atoms with van der Waals surface area (Å²) in [5, 5.41) is 7.19. The first kappa shape index (κ1) is 13.7. The molecule has 2 rings (SSSR count). The van der Waals surface area contributed by atoms with Gasteiger partial charge in [-0.25, -0.2) is 0 Å². The second kappa shape index (κ2) is 5.11. The number of amidine groups is 1. The van der Waals surface area contributed by atoms with Crippen LogP contribution in [0.25, 0.3) is 0 Å². The Hall–Kier alpha value is -1.72. The van der Waals surface area contributed by atoms with Crippen molar-refractivity contribution in [2.24, 2.45) is 5.73 Å². The average molecular weight is 272 g/mol. The maximum atomic E-state index is 12.9. The molecule has 0 aromatic heterocycles. The topological polar surface area (TPSA) is 59.1 Å². The van der Waals surface area contributed by atoms with Gasteiger partial charge in [-0.2, -0.15) is 13.2 Å². The largest absolute Gasteiger partial charge is 0.490 e. The van der Waals surface area contributed by atoms with Crippen LogP contribution in [-0.2, 0) is 6.18 Å². The van der Waals surface area contributed by atoms with Crippen molar-refractivity contribution < 1.29 is 17.9 Å². The van der Waals surface area contributed by atoms with E-state index in [9.17, 15) is 13.2 Å². The van der Waals surface area contributed by atoms with Gasteiger partial charge in [0.25, 0.3) is 0 Å². The first-order valence-corrected chi connectivity index (χ1v) is 6.10. The van der Waals surface area contributed by atoms with Crippen molar-refractivity contribution in [3.63, 3.8) is 0 Å². The maximum absolute atomic E-state index is 12.9. The third kappa shape index (κ3) is 3.19. The Bertz CT molecular complexity index is 479. The molecule has 0 atom stereocenters. The van der Waals surface area contributed by atoms with Gasteiger partial charge in [0.05, 0.1) is 11.7 Å². The monoisotopic (exact) mass is 272 g/mol. The minimum absolute atomic E-state index is 0.00994. The van der Waals surface area contributed by atoms with E-state index < -0.39 is 17.6 Å². The second-order valence-electron chi connectivity index (χ2n) is 4.64. The molecule has 0 saturated heterocycles. The number of benzene rings is 1. The molecule has 0 heterocycles. The van der Waals surface area contributed by atoms with Crippen LogP contribution in [-0.4, -0.2) is 11.9 Å². The SMILES string of the molecule is N=C(N)c1ccc(OC2CCCC2)cc1C(F)(F)F. The van der Waals surface area contributed by atoms with Crippen LogP contribution in [0.5, 0.6) is 5.75 Å². The van der Waals surface area contributed by atoms with Gasteiger partial charge in [0, 0.05) is 5.56 Å². The Morgan fingerprint density at radius 2 is 1.89 bits per heavy atom. The van der Waals surface area contributed by atoms with Crippen LogP contribution in [0.2, 0.25) is 0 Å². The zero-order chi connectivity index (χ0) is 14.0. The number of rotatable bonds is 3. The number of hydrogen-bond donors (Lipinski definition) is 2. The summed E-state index contributed by atoms with van der Waals surface area (Å²) in [7, 11) is 0. The minimum atomic E-state index is -4.55. The van der Waals surface area contributed by atoms with Crippen molar-refractivity contribution in [1.82, 2.24) is 0 Å². The van der Waals surface area contributed by atoms with Gasteiger partial charge < -0.3 is 10.5 Å². The van der Waals surface area contributed by atoms with E-state index in [2.05, 4.69) is 0 Å². The van der Waals surface area contributed by atoms with Crippen LogP contribution in [0.4, 0.5) is 13.2 Å². The summed E-state index contributed by atoms with van der Waals surface area (Å²) in [4.78, 5) is 0. The lowest BCUT2D eigenvalue weighted by Crippen LogP contribution is -2.19. The van der Waals surface area contributed by atoms with Crippen molar-refractivity contribution in [1.29, 1.82) is 5.41 Å². The van der Waals surface area contributed by atoms with Crippen LogP contribution < -0.4 is 10.5 Å². The van der Waals surface area contributed by atoms with E-state index in [-0.39, 0.29) is 17.4 Å². The molecular weight excluding hydrogens is 257 g/mol. The van der Waals surface area contributed by atoms with Crippen LogP contribution in [0.15, 0.2) is 18.2 Å². The lowest BCUT2D eigenvalue weighted by atomic mass is 10.1. The van der Waals surface area contributed by atoms with E-state index in [1.165, 1.54) is 12.1 Å². The second-order valence-corrected chi connectivity index (χ2v) is 4.64. The number of nitrogen functional groups attached to an aromatic ring is 1. The molecule has 0 aliphatic heterocycles. The average Bonchev–Trinajstić information content (AvgIpc) is 2.80. The van der Waals surface area contributed by atoms with E-state index in [0.717, 1.165) is 31.7 Å². The van der Waals surface area contributed by atoms with Gasteiger partial charge in [-0.3, -0.25) is 5.41 Å². The molecule has 0 bridgehead atoms. The molecule has 1 aromatic carbocycles. The molecule has 1 aromatic rings. The van der Waals surface area contributed by atoms with Crippen molar-refractivity contribution in [3.05, 3.63) is 29.3 Å². The predicted molar refractivity (Wildman–Crippen MR) is 65.3 cm³/mol. The maximum Gasteiger partial charge on any atom is 0.417 e. The first-order chi connectivity index (χ1) is 8.88. The molecular formula is C13H15F3N2O. The fourth-order valence-corrected chi connectivity index (χ4v) is 2.26. The van der Waals surface area contributed by atoms with Gasteiger partial charge in [-0.05, 0) is 43.9 Å². The Morgan fingerprint density at radius 1 is 1.26 bits per heavy atom. The van der Waals surface area contributed by atoms with Gasteiger partial charge >= 0.3 is 6.18 Å². The van der Waals surface area contributed by atoms with Gasteiger partial charge in [0.2, 0.25) is 0 Å². The molecule has 3 nitrogen and oxygen atoms in total. The smallest absolute Gasteiger partial charge is 0.417 e. The fourth-order valence-electron chi connectivity index (χ4n) is 2.26. The summed E-state index contributed by atoms with van der Waals surface area (Å²) >= 11 is 0. The van der Waals surface area contributed by atoms with Gasteiger partial charge in [-0.15, -0.1) is 0 Å². The van der Waals surface area contributed by atoms with Gasteiger partial charge in [0.1, 0.15) is 11.6 Å². The summed E-state index contributed by atoms with van der Waals surface area (Å²) in [6, 6.07) is 3.55. The van der Waals surface area contributed by atoms with E-state index in [1.54, 1.807) is 0 Å². The van der Waals surface area contributed by atoms with Crippen LogP contribution in [0.1, 0.15) is 36.8 Å². The van der Waals surface area contributed by atoms with Crippen molar-refractivity contribution >= 4 is 5.84 Å². The molecule has 6 heteroatoms. The van der Waals surface area contributed by atoms with Crippen LogP contribution >= 0.6 is 0 Å². The molecule has 104 valence electrons. The molecule has 0 radical (unpaired) electrons. The Morgan fingerprint density at radius 3 is 2.42 bits per heavy atom. The molecule has 1 saturated carbocycles. The number of alkyl halides is 3. The normalized spacial score (nSPS) is 16.6. The standard InChI is InChI=1S/C13H15F3N2O/c14-13(15,16)11-7-9(5-6-10(11)12(17)18)19-8-3-1-2-4-8/h5-8H,1-4H2,(H3,17,18). The number of nitrogens with one attached hydrogen (secondary N) is 1. The highest BCUT2D eigenvalue weighted by Gasteiger charge is 2.34. The molecule has 0 amide bonds. The van der Waals surface area contributed by atoms with Crippen molar-refractivity contribution in [2.45, 2.75) is 38.0 Å². The quantitative estimate of drug-likeness (QED) is 0.655. The Kier molecular flexibility index (Phi) is 3.68. The minimum Gasteiger partial charge on any atom is -0.490 e. The molecule has 3 N–H and O–H groups in total. The number of halogens is 3. The van der Waals surface area contributed by atoms with E-state index >= 15 is 0 Å². The van der Waals surface area contributed by atoms with E-state index in [0.29, 0.717) is 0 Å². The van der Waals surface area contributed by atoms with Crippen molar-refractivity contribution in [3.8, 4) is 5.75 Å². The molecule has 19 heavy (non-hydrogen) atoms. The van der Waals surface area contributed by atoms with Gasteiger partial charge in [-0.1, -0.05) is 0 Å². The van der Waals surface area contributed by atoms with E-state index in [1.807, 2.05) is 0 Å². The Labute approximate surface area is 109 Å². The lowest BCUT2D eigenvalue weighted by Gasteiger charge is -2.17. The summed E-state index contributed by atoms with van der Waals surface area (Å²) in [5.74, 6) is -0.413. The first-order valence-electron chi connectivity index (χ1n) is 6.10. The summed E-state index contributed by atoms with van der Waals surface area (Å²) in [6.07, 6.45) is -0.726. The predicted octanol–water partition coefficient (Wildman–Crippen LogP) is 3.31. The van der Waals surface area contributed by atoms with Crippen molar-refractivity contribution in [2.75, 3.05) is 0 Å². The van der Waals surface area contributed by atoms with Gasteiger partial charge in [0.15, 0.2) is 0 Å². The third-order valence-electron chi connectivity index (χ3n) is 3.19. The lowest BCUT2D eigenvalue weighted by molar-refractivity contribution is -0.137. The number of nitrogens with two attached hydrogens (primary N) is 1. The molecule has 1 fully saturated rings. The molecule has 1 aliphatic carbocycles. The number of hydrogen-bond acceptors (Lipinski definition) is 2. The highest BCUT2D eigenvalue weighted by Crippen LogP contribution is 2.35. The fraction of sp³-hybridized carbons (Fsp3) is 0.462. The van der Waals surface area contributed by atoms with E-state index in [4.69, 9.17) is 15.9 Å².